The molecular formula is C47H49Cl3CoN2+. The van der Waals surface area contributed by atoms with Crippen LogP contribution in [0, 0.1) is 0 Å². The monoisotopic (exact) mass is 805 g/mol. The molecule has 53 heavy (non-hydrogen) atoms. The standard InChI is InChI=1S/C47H49N2.3ClH.Co/c1-36(49-32-20-9-21-33-49)48-47-43(37-22-10-3-2-4-11-23-37)34-42(45(38-24-12-5-13-25-38)39-26-14-6-15-27-39)35-44(47)46(40-28-16-7-17-29-40)41-30-18-8-19-31-41;;;;/h5-9,12-21,24-37,45-46,48H,2-4,10-11,22-23H2,1H3;3*1H;/q+1;;;;+3/p-3. The maximum absolute atomic E-state index is 4.87. The van der Waals surface area contributed by atoms with Crippen LogP contribution in [0.5, 0.6) is 0 Å². The number of hydrogen-bond acceptors (Lipinski definition) is 1. The molecular weight excluding hydrogens is 758 g/mol. The first-order chi connectivity index (χ1) is 26.0. The van der Waals surface area contributed by atoms with Gasteiger partial charge in [0.2, 0.25) is 6.17 Å². The molecule has 6 heteroatoms. The van der Waals surface area contributed by atoms with E-state index in [2.05, 4.69) is 181 Å². The van der Waals surface area contributed by atoms with Crippen LogP contribution in [0.3, 0.4) is 0 Å². The van der Waals surface area contributed by atoms with Crippen LogP contribution in [-0.4, -0.2) is 0 Å². The van der Waals surface area contributed by atoms with Crippen LogP contribution in [0.25, 0.3) is 0 Å². The van der Waals surface area contributed by atoms with Crippen molar-refractivity contribution in [3.63, 3.8) is 0 Å². The summed E-state index contributed by atoms with van der Waals surface area (Å²) in [7, 11) is 13.4. The van der Waals surface area contributed by atoms with Gasteiger partial charge in [-0.2, -0.15) is 4.57 Å². The van der Waals surface area contributed by atoms with Crippen molar-refractivity contribution in [3.05, 3.63) is 203 Å². The average Bonchev–Trinajstić information content (AvgIpc) is 3.18. The number of pyridine rings is 1. The third kappa shape index (κ3) is 10.8. The number of hydrogen-bond donors (Lipinski definition) is 1. The summed E-state index contributed by atoms with van der Waals surface area (Å²) in [4.78, 5) is 0. The Kier molecular flexibility index (Phi) is 14.9. The molecule has 7 rings (SSSR count). The molecule has 0 saturated heterocycles. The number of rotatable bonds is 10. The van der Waals surface area contributed by atoms with Crippen LogP contribution in [0.4, 0.5) is 5.69 Å². The number of anilines is 1. The van der Waals surface area contributed by atoms with Crippen molar-refractivity contribution < 1.29 is 15.5 Å². The summed E-state index contributed by atoms with van der Waals surface area (Å²) in [6, 6.07) is 56.0. The molecule has 1 atom stereocenters. The van der Waals surface area contributed by atoms with Crippen molar-refractivity contribution in [2.24, 2.45) is 0 Å². The van der Waals surface area contributed by atoms with E-state index in [1.165, 1.54) is 89.6 Å². The minimum atomic E-state index is -1.19. The summed E-state index contributed by atoms with van der Waals surface area (Å²) in [5.41, 5.74) is 10.8. The van der Waals surface area contributed by atoms with Crippen molar-refractivity contribution >= 4 is 36.1 Å². The maximum atomic E-state index is 4.87. The fourth-order valence-electron chi connectivity index (χ4n) is 8.03. The van der Waals surface area contributed by atoms with E-state index in [4.69, 9.17) is 30.4 Å². The van der Waals surface area contributed by atoms with Crippen LogP contribution >= 0.6 is 30.4 Å². The van der Waals surface area contributed by atoms with E-state index in [1.54, 1.807) is 0 Å². The normalized spacial score (nSPS) is 14.4. The van der Waals surface area contributed by atoms with Crippen molar-refractivity contribution in [3.8, 4) is 0 Å². The van der Waals surface area contributed by atoms with Crippen LogP contribution in [0.15, 0.2) is 164 Å². The molecule has 0 aliphatic heterocycles. The molecule has 1 saturated carbocycles. The second kappa shape index (κ2) is 20.2. The third-order valence-electron chi connectivity index (χ3n) is 10.5. The molecule has 1 heterocycles. The van der Waals surface area contributed by atoms with Gasteiger partial charge in [0.05, 0.1) is 0 Å². The Balaban J connectivity index is 0.00000114. The van der Waals surface area contributed by atoms with Gasteiger partial charge >= 0.3 is 41.4 Å². The van der Waals surface area contributed by atoms with E-state index in [-0.39, 0.29) is 18.0 Å². The van der Waals surface area contributed by atoms with Gasteiger partial charge in [-0.15, -0.1) is 0 Å². The van der Waals surface area contributed by atoms with Gasteiger partial charge in [0, 0.05) is 36.6 Å². The van der Waals surface area contributed by atoms with Crippen LogP contribution in [0.2, 0.25) is 0 Å². The summed E-state index contributed by atoms with van der Waals surface area (Å²) in [5, 5.41) is 4.16. The van der Waals surface area contributed by atoms with Crippen molar-refractivity contribution in [1.82, 2.24) is 0 Å². The molecule has 1 aliphatic rings. The Hall–Kier alpha value is -3.57. The Bertz CT molecular complexity index is 1850. The van der Waals surface area contributed by atoms with Gasteiger partial charge < -0.3 is 5.32 Å². The molecule has 1 fully saturated rings. The summed E-state index contributed by atoms with van der Waals surface area (Å²) in [6.45, 7) is 2.29. The average molecular weight is 807 g/mol. The Morgan fingerprint density at radius 1 is 0.528 bits per heavy atom. The number of nitrogens with one attached hydrogen (secondary N) is 1. The molecule has 276 valence electrons. The predicted molar refractivity (Wildman–Crippen MR) is 222 cm³/mol. The summed E-state index contributed by atoms with van der Waals surface area (Å²) in [6.07, 6.45) is 13.5. The molecule has 2 nitrogen and oxygen atoms in total. The van der Waals surface area contributed by atoms with Gasteiger partial charge in [0.1, 0.15) is 0 Å². The number of aromatic nitrogens is 1. The molecule has 0 bridgehead atoms. The zero-order chi connectivity index (χ0) is 36.8. The topological polar surface area (TPSA) is 15.9 Å². The van der Waals surface area contributed by atoms with Gasteiger partial charge in [-0.1, -0.05) is 172 Å². The Labute approximate surface area is 333 Å². The molecule has 6 aromatic rings. The summed E-state index contributed by atoms with van der Waals surface area (Å²) < 4.78 is 2.29. The van der Waals surface area contributed by atoms with E-state index in [9.17, 15) is 0 Å². The van der Waals surface area contributed by atoms with Gasteiger partial charge in [0.15, 0.2) is 12.4 Å². The van der Waals surface area contributed by atoms with Gasteiger partial charge in [-0.05, 0) is 57.7 Å². The van der Waals surface area contributed by atoms with Gasteiger partial charge in [0.25, 0.3) is 0 Å². The zero-order valence-electron chi connectivity index (χ0n) is 30.3. The van der Waals surface area contributed by atoms with Crippen LogP contribution < -0.4 is 9.88 Å². The van der Waals surface area contributed by atoms with E-state index in [0.717, 1.165) is 0 Å². The zero-order valence-corrected chi connectivity index (χ0v) is 33.6. The van der Waals surface area contributed by atoms with E-state index in [1.807, 2.05) is 0 Å². The molecule has 1 aliphatic carbocycles. The second-order valence-electron chi connectivity index (χ2n) is 13.9. The number of nitrogens with zero attached hydrogens (tertiary/aromatic N) is 1. The number of benzene rings is 5. The first kappa shape index (κ1) is 39.1. The fourth-order valence-corrected chi connectivity index (χ4v) is 8.03. The molecule has 5 aromatic carbocycles. The molecule has 1 N–H and O–H groups in total. The first-order valence-electron chi connectivity index (χ1n) is 18.7. The van der Waals surface area contributed by atoms with Crippen LogP contribution in [-0.2, 0) is 10.9 Å². The Morgan fingerprint density at radius 2 is 0.925 bits per heavy atom. The van der Waals surface area contributed by atoms with Crippen molar-refractivity contribution in [2.45, 2.75) is 75.8 Å². The van der Waals surface area contributed by atoms with Gasteiger partial charge in [-0.25, -0.2) is 0 Å². The van der Waals surface area contributed by atoms with E-state index >= 15 is 0 Å². The molecule has 0 spiro atoms. The number of halogens is 3. The second-order valence-corrected chi connectivity index (χ2v) is 19.1. The molecule has 1 unspecified atom stereocenters. The first-order valence-corrected chi connectivity index (χ1v) is 23.0. The fraction of sp³-hybridized carbons (Fsp3) is 0.255. The summed E-state index contributed by atoms with van der Waals surface area (Å²) in [5.74, 6) is 0.682. The molecule has 1 aromatic heterocycles. The predicted octanol–water partition coefficient (Wildman–Crippen LogP) is 13.9. The van der Waals surface area contributed by atoms with Crippen molar-refractivity contribution in [1.29, 1.82) is 0 Å². The minimum absolute atomic E-state index is 0.0670. The van der Waals surface area contributed by atoms with E-state index < -0.39 is 10.9 Å². The third-order valence-corrected chi connectivity index (χ3v) is 10.5. The Morgan fingerprint density at radius 3 is 1.38 bits per heavy atom. The SMILES string of the molecule is CC(Nc1c(C2CCCCCCC2)cc(C(c2ccccc2)c2ccccc2)cc1C(c1ccccc1)c1ccccc1)[n+]1ccccc1.[Cl][Co]([Cl])[Cl]. The quantitative estimate of drug-likeness (QED) is 0.108. The van der Waals surface area contributed by atoms with Crippen molar-refractivity contribution in [2.75, 3.05) is 5.32 Å². The molecule has 0 amide bonds. The van der Waals surface area contributed by atoms with Crippen LogP contribution in [0.1, 0.15) is 115 Å². The molecule has 0 radical (unpaired) electrons. The summed E-state index contributed by atoms with van der Waals surface area (Å²) >= 11 is 0. The van der Waals surface area contributed by atoms with Gasteiger partial charge in [-0.3, -0.25) is 0 Å². The van der Waals surface area contributed by atoms with E-state index in [0.29, 0.717) is 5.92 Å².